The molecule has 0 radical (unpaired) electrons. The first-order chi connectivity index (χ1) is 15.4. The van der Waals surface area contributed by atoms with Gasteiger partial charge in [-0.1, -0.05) is 0 Å². The molecule has 3 aromatic rings. The van der Waals surface area contributed by atoms with E-state index >= 15 is 0 Å². The van der Waals surface area contributed by atoms with Gasteiger partial charge in [-0.15, -0.1) is 0 Å². The van der Waals surface area contributed by atoms with Crippen molar-refractivity contribution >= 4 is 29.1 Å². The number of hydrogen-bond acceptors (Lipinski definition) is 0. The fourth-order valence-corrected chi connectivity index (χ4v) is 19.1. The average Bonchev–Trinajstić information content (AvgIpc) is 2.84. The van der Waals surface area contributed by atoms with Crippen LogP contribution < -0.4 is 10.7 Å². The van der Waals surface area contributed by atoms with Crippen LogP contribution in [-0.4, -0.2) is 18.4 Å². The molecule has 0 bridgehead atoms. The summed E-state index contributed by atoms with van der Waals surface area (Å²) in [4.78, 5) is 0. The first-order valence-electron chi connectivity index (χ1n) is 12.5. The van der Waals surface area contributed by atoms with Crippen LogP contribution in [0.4, 0.5) is 0 Å². The maximum absolute atomic E-state index is 3.00. The van der Waals surface area contributed by atoms with E-state index in [9.17, 15) is 0 Å². The third-order valence-electron chi connectivity index (χ3n) is 6.71. The predicted octanol–water partition coefficient (Wildman–Crippen LogP) is 7.08. The van der Waals surface area contributed by atoms with E-state index in [0.717, 1.165) is 0 Å². The van der Waals surface area contributed by atoms with Gasteiger partial charge in [-0.2, -0.15) is 0 Å². The standard InChI is InChI=1S/C12H25.3C6H5.Sn/c1-3-5-7-9-11-12-10-8-6-4-2;3*1-2-4-6-5-3-1;/h1,3-12H2,2H3;3*1-5H;. The third-order valence-corrected chi connectivity index (χ3v) is 21.1. The van der Waals surface area contributed by atoms with E-state index in [4.69, 9.17) is 0 Å². The van der Waals surface area contributed by atoms with Crippen LogP contribution in [0.3, 0.4) is 0 Å². The Morgan fingerprint density at radius 1 is 0.419 bits per heavy atom. The Morgan fingerprint density at radius 2 is 0.742 bits per heavy atom. The van der Waals surface area contributed by atoms with E-state index in [1.165, 1.54) is 68.6 Å². The zero-order chi connectivity index (χ0) is 21.6. The van der Waals surface area contributed by atoms with Crippen LogP contribution >= 0.6 is 0 Å². The molecule has 0 saturated carbocycles. The van der Waals surface area contributed by atoms with Gasteiger partial charge in [-0.3, -0.25) is 0 Å². The summed E-state index contributed by atoms with van der Waals surface area (Å²) in [6, 6.07) is 34.4. The van der Waals surface area contributed by atoms with E-state index in [-0.39, 0.29) is 0 Å². The Morgan fingerprint density at radius 3 is 1.10 bits per heavy atom. The van der Waals surface area contributed by atoms with Gasteiger partial charge in [-0.25, -0.2) is 0 Å². The van der Waals surface area contributed by atoms with Crippen molar-refractivity contribution in [3.05, 3.63) is 91.0 Å². The molecule has 0 nitrogen and oxygen atoms in total. The molecule has 31 heavy (non-hydrogen) atoms. The quantitative estimate of drug-likeness (QED) is 0.158. The van der Waals surface area contributed by atoms with E-state index in [0.29, 0.717) is 0 Å². The van der Waals surface area contributed by atoms with E-state index < -0.39 is 18.4 Å². The molecule has 0 heterocycles. The molecule has 1 heteroatoms. The van der Waals surface area contributed by atoms with Crippen molar-refractivity contribution in [2.75, 3.05) is 0 Å². The van der Waals surface area contributed by atoms with Crippen molar-refractivity contribution in [1.29, 1.82) is 0 Å². The number of benzene rings is 3. The molecule has 0 aliphatic heterocycles. The zero-order valence-corrected chi connectivity index (χ0v) is 22.3. The Balaban J connectivity index is 1.70. The number of unbranched alkanes of at least 4 members (excludes halogenated alkanes) is 9. The minimum atomic E-state index is -3.00. The SMILES string of the molecule is CCCCCCCCCCC[CH2][Sn]([c]1ccccc1)([c]1ccccc1)[c]1ccccc1. The van der Waals surface area contributed by atoms with Crippen LogP contribution in [0.5, 0.6) is 0 Å². The first-order valence-corrected chi connectivity index (χ1v) is 18.8. The molecule has 0 amide bonds. The average molecular weight is 519 g/mol. The summed E-state index contributed by atoms with van der Waals surface area (Å²) < 4.78 is 6.21. The summed E-state index contributed by atoms with van der Waals surface area (Å²) in [5, 5.41) is 0. The molecule has 3 rings (SSSR count). The summed E-state index contributed by atoms with van der Waals surface area (Å²) in [7, 11) is 0. The second-order valence-electron chi connectivity index (χ2n) is 8.94. The van der Waals surface area contributed by atoms with Crippen LogP contribution in [0, 0.1) is 0 Å². The van der Waals surface area contributed by atoms with E-state index in [2.05, 4.69) is 97.9 Å². The normalized spacial score (nSPS) is 11.5. The molecule has 164 valence electrons. The van der Waals surface area contributed by atoms with Gasteiger partial charge < -0.3 is 0 Å². The third kappa shape index (κ3) is 6.97. The van der Waals surface area contributed by atoms with Crippen LogP contribution in [0.2, 0.25) is 4.44 Å². The Bertz CT molecular complexity index is 729. The van der Waals surface area contributed by atoms with Gasteiger partial charge in [0.2, 0.25) is 0 Å². The summed E-state index contributed by atoms with van der Waals surface area (Å²) in [5.41, 5.74) is 0. The second kappa shape index (κ2) is 13.8. The number of rotatable bonds is 14. The molecular formula is C30H40Sn. The van der Waals surface area contributed by atoms with Gasteiger partial charge in [0.15, 0.2) is 0 Å². The molecular weight excluding hydrogens is 479 g/mol. The summed E-state index contributed by atoms with van der Waals surface area (Å²) >= 11 is -3.00. The van der Waals surface area contributed by atoms with Crippen molar-refractivity contribution in [3.63, 3.8) is 0 Å². The molecule has 0 aromatic heterocycles. The summed E-state index contributed by atoms with van der Waals surface area (Å²) in [6.45, 7) is 2.30. The monoisotopic (exact) mass is 520 g/mol. The van der Waals surface area contributed by atoms with Crippen molar-refractivity contribution in [2.45, 2.75) is 75.6 Å². The molecule has 0 aliphatic carbocycles. The van der Waals surface area contributed by atoms with Crippen molar-refractivity contribution in [3.8, 4) is 0 Å². The molecule has 0 aliphatic rings. The molecule has 0 atom stereocenters. The van der Waals surface area contributed by atoms with Gasteiger partial charge in [0.25, 0.3) is 0 Å². The topological polar surface area (TPSA) is 0 Å². The molecule has 0 unspecified atom stereocenters. The van der Waals surface area contributed by atoms with Gasteiger partial charge in [0, 0.05) is 0 Å². The Labute approximate surface area is 195 Å². The Hall–Kier alpha value is -1.54. The molecule has 0 saturated heterocycles. The Kier molecular flexibility index (Phi) is 10.7. The van der Waals surface area contributed by atoms with Gasteiger partial charge in [0.1, 0.15) is 0 Å². The fraction of sp³-hybridized carbons (Fsp3) is 0.400. The molecule has 3 aromatic carbocycles. The zero-order valence-electron chi connectivity index (χ0n) is 19.4. The van der Waals surface area contributed by atoms with Crippen LogP contribution in [0.1, 0.15) is 71.1 Å². The maximum atomic E-state index is 2.41. The first kappa shape index (κ1) is 24.1. The van der Waals surface area contributed by atoms with Crippen molar-refractivity contribution in [1.82, 2.24) is 0 Å². The van der Waals surface area contributed by atoms with E-state index in [1.807, 2.05) is 0 Å². The molecule has 0 spiro atoms. The van der Waals surface area contributed by atoms with E-state index in [1.54, 1.807) is 10.7 Å². The van der Waals surface area contributed by atoms with Crippen LogP contribution in [0.15, 0.2) is 91.0 Å². The van der Waals surface area contributed by atoms with Gasteiger partial charge in [-0.05, 0) is 0 Å². The second-order valence-corrected chi connectivity index (χ2v) is 20.5. The molecule has 0 fully saturated rings. The summed E-state index contributed by atoms with van der Waals surface area (Å²) in [5.74, 6) is 0. The van der Waals surface area contributed by atoms with Crippen molar-refractivity contribution < 1.29 is 0 Å². The predicted molar refractivity (Wildman–Crippen MR) is 141 cm³/mol. The minimum absolute atomic E-state index is 1.35. The molecule has 0 N–H and O–H groups in total. The van der Waals surface area contributed by atoms with Gasteiger partial charge in [0.05, 0.1) is 0 Å². The van der Waals surface area contributed by atoms with Crippen molar-refractivity contribution in [2.24, 2.45) is 0 Å². The summed E-state index contributed by atoms with van der Waals surface area (Å²) in [6.07, 6.45) is 14.0. The fourth-order valence-electron chi connectivity index (χ4n) is 4.98. The number of hydrogen-bond donors (Lipinski definition) is 0. The van der Waals surface area contributed by atoms with Crippen LogP contribution in [-0.2, 0) is 0 Å². The van der Waals surface area contributed by atoms with Gasteiger partial charge >= 0.3 is 196 Å². The van der Waals surface area contributed by atoms with Crippen LogP contribution in [0.25, 0.3) is 0 Å².